The minimum absolute atomic E-state index is 0.196. The van der Waals surface area contributed by atoms with Crippen LogP contribution in [0.1, 0.15) is 15.2 Å². The first-order chi connectivity index (χ1) is 10.3. The summed E-state index contributed by atoms with van der Waals surface area (Å²) in [6, 6.07) is 19.5. The summed E-state index contributed by atoms with van der Waals surface area (Å²) < 4.78 is 1.97. The number of amides is 1. The number of aromatic nitrogens is 1. The Hall–Kier alpha value is -2.46. The molecule has 0 aliphatic rings. The predicted molar refractivity (Wildman–Crippen MR) is 84.2 cm³/mol. The lowest BCUT2D eigenvalue weighted by atomic mass is 10.2. The summed E-state index contributed by atoms with van der Waals surface area (Å²) in [5.41, 5.74) is 1.84. The van der Waals surface area contributed by atoms with Crippen LogP contribution in [0.3, 0.4) is 0 Å². The number of pyridine rings is 1. The number of rotatable bonds is 3. The maximum absolute atomic E-state index is 12.1. The lowest BCUT2D eigenvalue weighted by Gasteiger charge is -2.07. The minimum Gasteiger partial charge on any atom is -0.328 e. The van der Waals surface area contributed by atoms with Crippen LogP contribution in [-0.2, 0) is 6.54 Å². The third kappa shape index (κ3) is 3.35. The highest BCUT2D eigenvalue weighted by Crippen LogP contribution is 2.09. The van der Waals surface area contributed by atoms with Crippen molar-refractivity contribution in [1.29, 1.82) is 0 Å². The van der Waals surface area contributed by atoms with Gasteiger partial charge in [0.15, 0.2) is 0 Å². The van der Waals surface area contributed by atoms with Crippen molar-refractivity contribution < 1.29 is 4.79 Å². The van der Waals surface area contributed by atoms with E-state index in [9.17, 15) is 4.79 Å². The van der Waals surface area contributed by atoms with Crippen molar-refractivity contribution >= 4 is 17.2 Å². The van der Waals surface area contributed by atoms with E-state index in [4.69, 9.17) is 0 Å². The van der Waals surface area contributed by atoms with Crippen LogP contribution in [-0.4, -0.2) is 10.5 Å². The van der Waals surface area contributed by atoms with E-state index in [2.05, 4.69) is 17.1 Å². The van der Waals surface area contributed by atoms with Crippen molar-refractivity contribution in [2.24, 2.45) is 4.99 Å². The normalized spacial score (nSPS) is 11.5. The first-order valence-electron chi connectivity index (χ1n) is 6.65. The highest BCUT2D eigenvalue weighted by molar-refractivity contribution is 7.12. The minimum atomic E-state index is -0.196. The standard InChI is InChI=1S/C17H14N2OS/c20-17(15-9-6-12-21-15)18-16-10-4-5-11-19(16)13-14-7-2-1-3-8-14/h1-12H,13H2. The van der Waals surface area contributed by atoms with Crippen LogP contribution in [0.25, 0.3) is 0 Å². The molecule has 0 N–H and O–H groups in total. The van der Waals surface area contributed by atoms with Gasteiger partial charge in [0, 0.05) is 12.7 Å². The Morgan fingerprint density at radius 3 is 2.57 bits per heavy atom. The summed E-state index contributed by atoms with van der Waals surface area (Å²) in [4.78, 5) is 17.0. The molecule has 0 aliphatic carbocycles. The van der Waals surface area contributed by atoms with Crippen LogP contribution in [0.4, 0.5) is 0 Å². The molecule has 21 heavy (non-hydrogen) atoms. The van der Waals surface area contributed by atoms with Gasteiger partial charge in [-0.1, -0.05) is 42.5 Å². The smallest absolute Gasteiger partial charge is 0.289 e. The van der Waals surface area contributed by atoms with E-state index in [0.29, 0.717) is 16.9 Å². The molecular weight excluding hydrogens is 280 g/mol. The summed E-state index contributed by atoms with van der Waals surface area (Å²) in [6.45, 7) is 0.693. The van der Waals surface area contributed by atoms with E-state index in [0.717, 1.165) is 0 Å². The summed E-state index contributed by atoms with van der Waals surface area (Å²) in [6.07, 6.45) is 1.94. The third-order valence-electron chi connectivity index (χ3n) is 3.06. The molecule has 0 atom stereocenters. The molecule has 0 fully saturated rings. The number of carbonyl (C=O) groups is 1. The fourth-order valence-corrected chi connectivity index (χ4v) is 2.65. The number of carbonyl (C=O) groups excluding carboxylic acids is 1. The monoisotopic (exact) mass is 294 g/mol. The van der Waals surface area contributed by atoms with Gasteiger partial charge in [0.2, 0.25) is 0 Å². The van der Waals surface area contributed by atoms with E-state index in [1.54, 1.807) is 6.07 Å². The van der Waals surface area contributed by atoms with Gasteiger partial charge in [-0.25, -0.2) is 0 Å². The average Bonchev–Trinajstić information content (AvgIpc) is 3.05. The summed E-state index contributed by atoms with van der Waals surface area (Å²) in [7, 11) is 0. The lowest BCUT2D eigenvalue weighted by molar-refractivity contribution is 0.100. The Balaban J connectivity index is 1.94. The SMILES string of the molecule is O=C(N=c1ccccn1Cc1ccccc1)c1cccs1. The quantitative estimate of drug-likeness (QED) is 0.729. The van der Waals surface area contributed by atoms with Gasteiger partial charge in [-0.05, 0) is 29.1 Å². The van der Waals surface area contributed by atoms with Crippen LogP contribution < -0.4 is 5.49 Å². The van der Waals surface area contributed by atoms with Crippen molar-refractivity contribution in [3.63, 3.8) is 0 Å². The maximum atomic E-state index is 12.1. The fraction of sp³-hybridized carbons (Fsp3) is 0.0588. The summed E-state index contributed by atoms with van der Waals surface area (Å²) >= 11 is 1.41. The number of thiophene rings is 1. The second-order valence-corrected chi connectivity index (χ2v) is 5.51. The van der Waals surface area contributed by atoms with Gasteiger partial charge >= 0.3 is 0 Å². The third-order valence-corrected chi connectivity index (χ3v) is 3.92. The fourth-order valence-electron chi connectivity index (χ4n) is 2.04. The number of hydrogen-bond donors (Lipinski definition) is 0. The summed E-state index contributed by atoms with van der Waals surface area (Å²) in [5.74, 6) is -0.196. The Kier molecular flexibility index (Phi) is 4.07. The van der Waals surface area contributed by atoms with E-state index in [-0.39, 0.29) is 5.91 Å². The first kappa shape index (κ1) is 13.5. The Morgan fingerprint density at radius 2 is 1.81 bits per heavy atom. The van der Waals surface area contributed by atoms with E-state index < -0.39 is 0 Å². The van der Waals surface area contributed by atoms with Crippen molar-refractivity contribution in [3.05, 3.63) is 88.2 Å². The van der Waals surface area contributed by atoms with Crippen LogP contribution in [0.2, 0.25) is 0 Å². The topological polar surface area (TPSA) is 34.4 Å². The zero-order chi connectivity index (χ0) is 14.5. The molecule has 3 rings (SSSR count). The lowest BCUT2D eigenvalue weighted by Crippen LogP contribution is -2.21. The first-order valence-corrected chi connectivity index (χ1v) is 7.53. The Morgan fingerprint density at radius 1 is 1.00 bits per heavy atom. The van der Waals surface area contributed by atoms with Crippen LogP contribution in [0, 0.1) is 0 Å². The molecule has 0 spiro atoms. The zero-order valence-electron chi connectivity index (χ0n) is 11.3. The molecule has 3 aromatic rings. The molecule has 1 amide bonds. The molecule has 1 aromatic carbocycles. The van der Waals surface area contributed by atoms with Crippen LogP contribution in [0.5, 0.6) is 0 Å². The molecule has 2 heterocycles. The number of benzene rings is 1. The zero-order valence-corrected chi connectivity index (χ0v) is 12.2. The van der Waals surface area contributed by atoms with Crippen molar-refractivity contribution in [1.82, 2.24) is 4.57 Å². The number of hydrogen-bond acceptors (Lipinski definition) is 2. The van der Waals surface area contributed by atoms with Gasteiger partial charge < -0.3 is 4.57 Å². The largest absolute Gasteiger partial charge is 0.328 e. The van der Waals surface area contributed by atoms with E-state index in [1.807, 2.05) is 58.6 Å². The molecule has 2 aromatic heterocycles. The molecular formula is C17H14N2OS. The Labute approximate surface area is 126 Å². The van der Waals surface area contributed by atoms with E-state index in [1.165, 1.54) is 16.9 Å². The predicted octanol–water partition coefficient (Wildman–Crippen LogP) is 3.34. The van der Waals surface area contributed by atoms with Crippen molar-refractivity contribution in [2.45, 2.75) is 6.54 Å². The molecule has 0 saturated carbocycles. The number of nitrogens with zero attached hydrogens (tertiary/aromatic N) is 2. The van der Waals surface area contributed by atoms with Gasteiger partial charge in [0.25, 0.3) is 5.91 Å². The molecule has 0 saturated heterocycles. The van der Waals surface area contributed by atoms with Crippen molar-refractivity contribution in [3.8, 4) is 0 Å². The van der Waals surface area contributed by atoms with Gasteiger partial charge in [0.1, 0.15) is 5.49 Å². The van der Waals surface area contributed by atoms with Gasteiger partial charge in [-0.2, -0.15) is 4.99 Å². The average molecular weight is 294 g/mol. The van der Waals surface area contributed by atoms with Crippen LogP contribution >= 0.6 is 11.3 Å². The van der Waals surface area contributed by atoms with Gasteiger partial charge in [-0.15, -0.1) is 11.3 Å². The molecule has 0 bridgehead atoms. The van der Waals surface area contributed by atoms with Crippen molar-refractivity contribution in [2.75, 3.05) is 0 Å². The molecule has 4 heteroatoms. The molecule has 0 aliphatic heterocycles. The maximum Gasteiger partial charge on any atom is 0.289 e. The second kappa shape index (κ2) is 6.33. The molecule has 3 nitrogen and oxygen atoms in total. The highest BCUT2D eigenvalue weighted by atomic mass is 32.1. The van der Waals surface area contributed by atoms with Gasteiger partial charge in [0.05, 0.1) is 4.88 Å². The molecule has 104 valence electrons. The molecule has 0 radical (unpaired) electrons. The highest BCUT2D eigenvalue weighted by Gasteiger charge is 2.04. The summed E-state index contributed by atoms with van der Waals surface area (Å²) in [5, 5.41) is 1.88. The second-order valence-electron chi connectivity index (χ2n) is 4.57. The van der Waals surface area contributed by atoms with E-state index >= 15 is 0 Å². The van der Waals surface area contributed by atoms with Crippen LogP contribution in [0.15, 0.2) is 77.2 Å². The van der Waals surface area contributed by atoms with Gasteiger partial charge in [-0.3, -0.25) is 4.79 Å². The molecule has 0 unspecified atom stereocenters. The Bertz CT molecular complexity index is 789.